The number of carbonyl (C=O) groups excluding carboxylic acids is 1. The van der Waals surface area contributed by atoms with Gasteiger partial charge in [-0.25, -0.2) is 13.2 Å². The van der Waals surface area contributed by atoms with E-state index in [9.17, 15) is 13.2 Å². The number of carbonyl (C=O) groups is 1. The summed E-state index contributed by atoms with van der Waals surface area (Å²) >= 11 is 0. The molecule has 0 bridgehead atoms. The van der Waals surface area contributed by atoms with E-state index in [4.69, 9.17) is 0 Å². The summed E-state index contributed by atoms with van der Waals surface area (Å²) in [6.07, 6.45) is 1.69. The molecular weight excluding hydrogens is 266 g/mol. The van der Waals surface area contributed by atoms with Crippen LogP contribution in [0.3, 0.4) is 0 Å². The van der Waals surface area contributed by atoms with Crippen molar-refractivity contribution in [3.63, 3.8) is 0 Å². The molecule has 1 heterocycles. The van der Waals surface area contributed by atoms with Gasteiger partial charge in [-0.15, -0.1) is 0 Å². The molecule has 6 heteroatoms. The Hall–Kier alpha value is -1.40. The molecule has 5 nitrogen and oxygen atoms in total. The van der Waals surface area contributed by atoms with Gasteiger partial charge in [-0.3, -0.25) is 0 Å². The average Bonchev–Trinajstić information content (AvgIpc) is 2.85. The van der Waals surface area contributed by atoms with Crippen LogP contribution in [-0.4, -0.2) is 38.4 Å². The molecule has 1 aliphatic heterocycles. The maximum atomic E-state index is 12.6. The van der Waals surface area contributed by atoms with E-state index in [2.05, 4.69) is 4.74 Å². The summed E-state index contributed by atoms with van der Waals surface area (Å²) in [7, 11) is -2.40. The van der Waals surface area contributed by atoms with Crippen LogP contribution >= 0.6 is 0 Å². The van der Waals surface area contributed by atoms with Crippen molar-refractivity contribution in [2.45, 2.75) is 30.7 Å². The van der Waals surface area contributed by atoms with Gasteiger partial charge in [0.2, 0.25) is 10.0 Å². The van der Waals surface area contributed by atoms with Crippen molar-refractivity contribution in [2.24, 2.45) is 0 Å². The highest BCUT2D eigenvalue weighted by atomic mass is 32.2. The molecule has 104 valence electrons. The van der Waals surface area contributed by atoms with E-state index >= 15 is 0 Å². The summed E-state index contributed by atoms with van der Waals surface area (Å²) in [6.45, 7) is 2.38. The van der Waals surface area contributed by atoms with Crippen molar-refractivity contribution in [3.8, 4) is 0 Å². The van der Waals surface area contributed by atoms with Crippen LogP contribution < -0.4 is 0 Å². The van der Waals surface area contributed by atoms with E-state index in [1.54, 1.807) is 12.1 Å². The van der Waals surface area contributed by atoms with Crippen molar-refractivity contribution in [1.82, 2.24) is 4.31 Å². The lowest BCUT2D eigenvalue weighted by atomic mass is 10.2. The molecule has 1 aliphatic rings. The van der Waals surface area contributed by atoms with Gasteiger partial charge in [0, 0.05) is 12.6 Å². The highest BCUT2D eigenvalue weighted by Crippen LogP contribution is 2.27. The summed E-state index contributed by atoms with van der Waals surface area (Å²) in [6, 6.07) is 6.13. The van der Waals surface area contributed by atoms with Gasteiger partial charge in [-0.05, 0) is 31.9 Å². The Morgan fingerprint density at radius 3 is 2.63 bits per heavy atom. The average molecular weight is 283 g/mol. The molecule has 1 unspecified atom stereocenters. The first kappa shape index (κ1) is 14.0. The van der Waals surface area contributed by atoms with Crippen molar-refractivity contribution >= 4 is 16.0 Å². The van der Waals surface area contributed by atoms with Gasteiger partial charge >= 0.3 is 5.97 Å². The quantitative estimate of drug-likeness (QED) is 0.791. The minimum absolute atomic E-state index is 0.0237. The Bertz CT molecular complexity index is 582. The summed E-state index contributed by atoms with van der Waals surface area (Å²) in [4.78, 5) is 11.7. The predicted molar refractivity (Wildman–Crippen MR) is 70.4 cm³/mol. The van der Waals surface area contributed by atoms with Crippen molar-refractivity contribution < 1.29 is 17.9 Å². The molecule has 0 N–H and O–H groups in total. The maximum absolute atomic E-state index is 12.6. The molecule has 2 rings (SSSR count). The number of methoxy groups -OCH3 is 1. The number of sulfonamides is 1. The fourth-order valence-electron chi connectivity index (χ4n) is 2.36. The molecule has 1 fully saturated rings. The summed E-state index contributed by atoms with van der Waals surface area (Å²) in [5.41, 5.74) is 0.0871. The Labute approximate surface area is 113 Å². The van der Waals surface area contributed by atoms with Crippen LogP contribution in [0.15, 0.2) is 29.2 Å². The van der Waals surface area contributed by atoms with Crippen LogP contribution in [0.1, 0.15) is 30.1 Å². The normalized spacial score (nSPS) is 20.4. The van der Waals surface area contributed by atoms with Gasteiger partial charge in [0.05, 0.1) is 17.6 Å². The number of hydrogen-bond acceptors (Lipinski definition) is 4. The van der Waals surface area contributed by atoms with Gasteiger partial charge in [0.25, 0.3) is 0 Å². The number of rotatable bonds is 3. The lowest BCUT2D eigenvalue weighted by molar-refractivity contribution is 0.0596. The van der Waals surface area contributed by atoms with Gasteiger partial charge < -0.3 is 4.74 Å². The van der Waals surface area contributed by atoms with Crippen molar-refractivity contribution in [2.75, 3.05) is 13.7 Å². The summed E-state index contributed by atoms with van der Waals surface area (Å²) in [5.74, 6) is -0.633. The number of ether oxygens (including phenoxy) is 1. The van der Waals surface area contributed by atoms with E-state index in [1.807, 2.05) is 6.92 Å². The lowest BCUT2D eigenvalue weighted by Gasteiger charge is -2.22. The van der Waals surface area contributed by atoms with Crippen molar-refractivity contribution in [3.05, 3.63) is 29.8 Å². The second-order valence-electron chi connectivity index (χ2n) is 4.59. The maximum Gasteiger partial charge on any atom is 0.339 e. The van der Waals surface area contributed by atoms with E-state index in [0.717, 1.165) is 12.8 Å². The van der Waals surface area contributed by atoms with Crippen LogP contribution in [0.5, 0.6) is 0 Å². The first-order valence-electron chi connectivity index (χ1n) is 6.17. The van der Waals surface area contributed by atoms with E-state index < -0.39 is 16.0 Å². The molecule has 0 aromatic heterocycles. The number of hydrogen-bond donors (Lipinski definition) is 0. The predicted octanol–water partition coefficient (Wildman–Crippen LogP) is 1.65. The van der Waals surface area contributed by atoms with Crippen LogP contribution in [0.4, 0.5) is 0 Å². The zero-order valence-electron chi connectivity index (χ0n) is 11.0. The third kappa shape index (κ3) is 2.50. The summed E-state index contributed by atoms with van der Waals surface area (Å²) in [5, 5.41) is 0. The van der Waals surface area contributed by atoms with Gasteiger partial charge in [-0.2, -0.15) is 4.31 Å². The summed E-state index contributed by atoms with van der Waals surface area (Å²) < 4.78 is 31.3. The molecule has 1 atom stereocenters. The number of esters is 1. The van der Waals surface area contributed by atoms with Gasteiger partial charge in [0.15, 0.2) is 0 Å². The lowest BCUT2D eigenvalue weighted by Crippen LogP contribution is -2.34. The monoisotopic (exact) mass is 283 g/mol. The fourth-order valence-corrected chi connectivity index (χ4v) is 4.24. The highest BCUT2D eigenvalue weighted by molar-refractivity contribution is 7.89. The Kier molecular flexibility index (Phi) is 3.91. The van der Waals surface area contributed by atoms with Crippen LogP contribution in [0, 0.1) is 0 Å². The van der Waals surface area contributed by atoms with Crippen LogP contribution in [-0.2, 0) is 14.8 Å². The molecule has 19 heavy (non-hydrogen) atoms. The minimum Gasteiger partial charge on any atom is -0.465 e. The zero-order chi connectivity index (χ0) is 14.0. The fraction of sp³-hybridized carbons (Fsp3) is 0.462. The highest BCUT2D eigenvalue weighted by Gasteiger charge is 2.34. The second-order valence-corrected chi connectivity index (χ2v) is 6.45. The first-order chi connectivity index (χ1) is 8.98. The van der Waals surface area contributed by atoms with Gasteiger partial charge in [-0.1, -0.05) is 12.1 Å². The van der Waals surface area contributed by atoms with Gasteiger partial charge in [0.1, 0.15) is 0 Å². The molecule has 0 saturated carbocycles. The number of nitrogens with zero attached hydrogens (tertiary/aromatic N) is 1. The smallest absolute Gasteiger partial charge is 0.339 e. The third-order valence-electron chi connectivity index (χ3n) is 3.37. The standard InChI is InChI=1S/C13H17NO4S/c1-10-6-5-9-14(10)19(16,17)12-8-4-3-7-11(12)13(15)18-2/h3-4,7-8,10H,5-6,9H2,1-2H3. The zero-order valence-corrected chi connectivity index (χ0v) is 11.8. The van der Waals surface area contributed by atoms with Crippen LogP contribution in [0.2, 0.25) is 0 Å². The molecule has 0 radical (unpaired) electrons. The molecular formula is C13H17NO4S. The molecule has 1 saturated heterocycles. The largest absolute Gasteiger partial charge is 0.465 e. The molecule has 0 amide bonds. The Balaban J connectivity index is 2.49. The van der Waals surface area contributed by atoms with E-state index in [1.165, 1.54) is 23.5 Å². The topological polar surface area (TPSA) is 63.7 Å². The van der Waals surface area contributed by atoms with E-state index in [0.29, 0.717) is 6.54 Å². The Morgan fingerprint density at radius 2 is 2.05 bits per heavy atom. The first-order valence-corrected chi connectivity index (χ1v) is 7.61. The molecule has 1 aromatic rings. The second kappa shape index (κ2) is 5.30. The number of benzene rings is 1. The minimum atomic E-state index is -3.64. The van der Waals surface area contributed by atoms with E-state index in [-0.39, 0.29) is 16.5 Å². The Morgan fingerprint density at radius 1 is 1.37 bits per heavy atom. The molecule has 0 aliphatic carbocycles. The third-order valence-corrected chi connectivity index (χ3v) is 5.44. The van der Waals surface area contributed by atoms with Crippen molar-refractivity contribution in [1.29, 1.82) is 0 Å². The molecule has 1 aromatic carbocycles. The van der Waals surface area contributed by atoms with Crippen LogP contribution in [0.25, 0.3) is 0 Å². The SMILES string of the molecule is COC(=O)c1ccccc1S(=O)(=O)N1CCCC1C. The molecule has 0 spiro atoms.